The molecule has 114 valence electrons. The smallest absolute Gasteiger partial charge is 0.119 e. The van der Waals surface area contributed by atoms with E-state index in [1.165, 1.54) is 16.0 Å². The molecule has 1 aromatic carbocycles. The van der Waals surface area contributed by atoms with Gasteiger partial charge in [-0.2, -0.15) is 0 Å². The van der Waals surface area contributed by atoms with Crippen molar-refractivity contribution in [3.05, 3.63) is 51.7 Å². The first kappa shape index (κ1) is 16.1. The summed E-state index contributed by atoms with van der Waals surface area (Å²) in [4.78, 5) is 1.43. The number of nitrogens with one attached hydrogen (secondary N) is 1. The molecular weight excluding hydrogens is 278 g/mol. The van der Waals surface area contributed by atoms with Crippen LogP contribution in [0.4, 0.5) is 0 Å². The first-order valence-corrected chi connectivity index (χ1v) is 8.50. The number of rotatable bonds is 8. The van der Waals surface area contributed by atoms with Gasteiger partial charge in [0.05, 0.1) is 0 Å². The average molecular weight is 303 g/mol. The van der Waals surface area contributed by atoms with E-state index in [1.54, 1.807) is 0 Å². The Hall–Kier alpha value is -1.32. The molecule has 0 radical (unpaired) electrons. The first-order valence-electron chi connectivity index (χ1n) is 7.62. The number of thiophene rings is 1. The van der Waals surface area contributed by atoms with E-state index in [2.05, 4.69) is 61.8 Å². The minimum atomic E-state index is 0.538. The Morgan fingerprint density at radius 2 is 2.05 bits per heavy atom. The Kier molecular flexibility index (Phi) is 6.27. The second-order valence-corrected chi connectivity index (χ2v) is 6.69. The van der Waals surface area contributed by atoms with Crippen LogP contribution in [-0.2, 0) is 6.42 Å². The summed E-state index contributed by atoms with van der Waals surface area (Å²) in [5.74, 6) is 1.52. The molecule has 0 aliphatic rings. The highest BCUT2D eigenvalue weighted by Gasteiger charge is 2.03. The fourth-order valence-electron chi connectivity index (χ4n) is 2.23. The number of hydrogen-bond acceptors (Lipinski definition) is 3. The third kappa shape index (κ3) is 5.52. The molecule has 0 atom stereocenters. The molecule has 0 aliphatic carbocycles. The fraction of sp³-hybridized carbons (Fsp3) is 0.444. The van der Waals surface area contributed by atoms with Crippen molar-refractivity contribution in [2.24, 2.45) is 0 Å². The standard InChI is InChI=1S/C18H25NOS/c1-14(2)16-11-15(3)12-17(13-16)20-9-8-19-7-6-18-5-4-10-21-18/h4-5,10-14,19H,6-9H2,1-3H3. The summed E-state index contributed by atoms with van der Waals surface area (Å²) < 4.78 is 5.86. The summed E-state index contributed by atoms with van der Waals surface area (Å²) in [6.45, 7) is 9.16. The molecule has 21 heavy (non-hydrogen) atoms. The third-order valence-electron chi connectivity index (χ3n) is 3.42. The number of benzene rings is 1. The number of hydrogen-bond donors (Lipinski definition) is 1. The maximum Gasteiger partial charge on any atom is 0.119 e. The molecule has 0 amide bonds. The largest absolute Gasteiger partial charge is 0.492 e. The van der Waals surface area contributed by atoms with Crippen LogP contribution in [-0.4, -0.2) is 19.7 Å². The van der Waals surface area contributed by atoms with Gasteiger partial charge in [-0.15, -0.1) is 11.3 Å². The zero-order valence-corrected chi connectivity index (χ0v) is 14.0. The molecule has 2 aromatic rings. The molecule has 0 saturated carbocycles. The monoisotopic (exact) mass is 303 g/mol. The zero-order valence-electron chi connectivity index (χ0n) is 13.2. The molecule has 0 bridgehead atoms. The van der Waals surface area contributed by atoms with Crippen molar-refractivity contribution in [2.75, 3.05) is 19.7 Å². The van der Waals surface area contributed by atoms with Gasteiger partial charge in [0.25, 0.3) is 0 Å². The molecule has 0 aliphatic heterocycles. The van der Waals surface area contributed by atoms with Crippen molar-refractivity contribution in [3.63, 3.8) is 0 Å². The highest BCUT2D eigenvalue weighted by atomic mass is 32.1. The molecule has 0 saturated heterocycles. The minimum absolute atomic E-state index is 0.538. The second-order valence-electron chi connectivity index (χ2n) is 5.66. The topological polar surface area (TPSA) is 21.3 Å². The molecule has 2 rings (SSSR count). The molecule has 2 nitrogen and oxygen atoms in total. The zero-order chi connectivity index (χ0) is 15.1. The van der Waals surface area contributed by atoms with Crippen LogP contribution in [0.15, 0.2) is 35.7 Å². The molecule has 1 heterocycles. The molecule has 1 N–H and O–H groups in total. The van der Waals surface area contributed by atoms with Gasteiger partial charge in [0, 0.05) is 18.0 Å². The SMILES string of the molecule is Cc1cc(OCCNCCc2cccs2)cc(C(C)C)c1. The van der Waals surface area contributed by atoms with Crippen molar-refractivity contribution < 1.29 is 4.74 Å². The Morgan fingerprint density at radius 1 is 1.19 bits per heavy atom. The van der Waals surface area contributed by atoms with Crippen molar-refractivity contribution in [3.8, 4) is 5.75 Å². The van der Waals surface area contributed by atoms with E-state index in [0.29, 0.717) is 12.5 Å². The first-order chi connectivity index (χ1) is 10.1. The maximum absolute atomic E-state index is 5.86. The van der Waals surface area contributed by atoms with Crippen molar-refractivity contribution in [2.45, 2.75) is 33.1 Å². The van der Waals surface area contributed by atoms with Crippen LogP contribution >= 0.6 is 11.3 Å². The Balaban J connectivity index is 1.68. The lowest BCUT2D eigenvalue weighted by molar-refractivity contribution is 0.314. The second kappa shape index (κ2) is 8.20. The van der Waals surface area contributed by atoms with Gasteiger partial charge in [0.1, 0.15) is 12.4 Å². The predicted octanol–water partition coefficient (Wildman–Crippen LogP) is 4.39. The van der Waals surface area contributed by atoms with Crippen LogP contribution in [0.3, 0.4) is 0 Å². The summed E-state index contributed by atoms with van der Waals surface area (Å²) in [5, 5.41) is 5.56. The van der Waals surface area contributed by atoms with Gasteiger partial charge in [-0.1, -0.05) is 26.0 Å². The van der Waals surface area contributed by atoms with Gasteiger partial charge in [0.2, 0.25) is 0 Å². The number of aryl methyl sites for hydroxylation is 1. The van der Waals surface area contributed by atoms with Crippen LogP contribution in [0.25, 0.3) is 0 Å². The van der Waals surface area contributed by atoms with Crippen LogP contribution in [0, 0.1) is 6.92 Å². The summed E-state index contributed by atoms with van der Waals surface area (Å²) in [6, 6.07) is 10.8. The number of ether oxygens (including phenoxy) is 1. The van der Waals surface area contributed by atoms with Gasteiger partial charge in [0.15, 0.2) is 0 Å². The normalized spacial score (nSPS) is 11.0. The summed E-state index contributed by atoms with van der Waals surface area (Å²) in [5.41, 5.74) is 2.61. The van der Waals surface area contributed by atoms with E-state index in [1.807, 2.05) is 11.3 Å². The predicted molar refractivity (Wildman–Crippen MR) is 91.7 cm³/mol. The van der Waals surface area contributed by atoms with Crippen LogP contribution in [0.5, 0.6) is 5.75 Å². The van der Waals surface area contributed by atoms with Gasteiger partial charge >= 0.3 is 0 Å². The highest BCUT2D eigenvalue weighted by Crippen LogP contribution is 2.22. The maximum atomic E-state index is 5.86. The third-order valence-corrected chi connectivity index (χ3v) is 4.35. The van der Waals surface area contributed by atoms with Gasteiger partial charge in [-0.05, 0) is 54.0 Å². The highest BCUT2D eigenvalue weighted by molar-refractivity contribution is 7.09. The van der Waals surface area contributed by atoms with Crippen molar-refractivity contribution in [1.29, 1.82) is 0 Å². The molecule has 0 unspecified atom stereocenters. The summed E-state index contributed by atoms with van der Waals surface area (Å²) >= 11 is 1.82. The van der Waals surface area contributed by atoms with Crippen molar-refractivity contribution in [1.82, 2.24) is 5.32 Å². The quantitative estimate of drug-likeness (QED) is 0.730. The average Bonchev–Trinajstić information content (AvgIpc) is 2.95. The molecular formula is C18H25NOS. The molecule has 1 aromatic heterocycles. The van der Waals surface area contributed by atoms with Crippen LogP contribution in [0.2, 0.25) is 0 Å². The summed E-state index contributed by atoms with van der Waals surface area (Å²) in [7, 11) is 0. The van der Waals surface area contributed by atoms with Crippen LogP contribution in [0.1, 0.15) is 35.8 Å². The molecule has 0 spiro atoms. The minimum Gasteiger partial charge on any atom is -0.492 e. The Bertz CT molecular complexity index is 534. The molecule has 0 fully saturated rings. The Morgan fingerprint density at radius 3 is 2.76 bits per heavy atom. The summed E-state index contributed by atoms with van der Waals surface area (Å²) in [6.07, 6.45) is 1.10. The molecule has 3 heteroatoms. The van der Waals surface area contributed by atoms with Crippen molar-refractivity contribution >= 4 is 11.3 Å². The van der Waals surface area contributed by atoms with Gasteiger partial charge in [-0.3, -0.25) is 0 Å². The van der Waals surface area contributed by atoms with Gasteiger partial charge in [-0.25, -0.2) is 0 Å². The lowest BCUT2D eigenvalue weighted by Crippen LogP contribution is -2.23. The van der Waals surface area contributed by atoms with E-state index < -0.39 is 0 Å². The Labute approximate surface area is 132 Å². The van der Waals surface area contributed by atoms with E-state index >= 15 is 0 Å². The van der Waals surface area contributed by atoms with Crippen LogP contribution < -0.4 is 10.1 Å². The van der Waals surface area contributed by atoms with E-state index in [4.69, 9.17) is 4.74 Å². The van der Waals surface area contributed by atoms with Gasteiger partial charge < -0.3 is 10.1 Å². The fourth-order valence-corrected chi connectivity index (χ4v) is 2.93. The van der Waals surface area contributed by atoms with E-state index in [-0.39, 0.29) is 0 Å². The van der Waals surface area contributed by atoms with E-state index in [0.717, 1.165) is 25.3 Å². The lowest BCUT2D eigenvalue weighted by Gasteiger charge is -2.12. The van der Waals surface area contributed by atoms with E-state index in [9.17, 15) is 0 Å². The lowest BCUT2D eigenvalue weighted by atomic mass is 10.0.